The monoisotopic (exact) mass is 346 g/mol. The molecule has 1 aliphatic carbocycles. The van der Waals surface area contributed by atoms with Gasteiger partial charge in [-0.25, -0.2) is 4.79 Å². The SMILES string of the molecule is COC(=O)N1CCCC(C(=O)NCC2(c3ccccc3OC)CC2)C1. The fraction of sp³-hybridized carbons (Fsp3) is 0.579. The highest BCUT2D eigenvalue weighted by atomic mass is 16.5. The summed E-state index contributed by atoms with van der Waals surface area (Å²) in [7, 11) is 3.05. The van der Waals surface area contributed by atoms with Crippen molar-refractivity contribution >= 4 is 12.0 Å². The average molecular weight is 346 g/mol. The van der Waals surface area contributed by atoms with Gasteiger partial charge in [-0.1, -0.05) is 18.2 Å². The normalized spacial score (nSPS) is 21.4. The average Bonchev–Trinajstić information content (AvgIpc) is 3.46. The first-order valence-electron chi connectivity index (χ1n) is 8.84. The predicted octanol–water partition coefficient (Wildman–Crippen LogP) is 2.32. The molecule has 6 heteroatoms. The molecule has 1 unspecified atom stereocenters. The number of ether oxygens (including phenoxy) is 2. The Balaban J connectivity index is 1.60. The molecule has 0 spiro atoms. The Bertz CT molecular complexity index is 642. The number of hydrogen-bond acceptors (Lipinski definition) is 4. The Morgan fingerprint density at radius 1 is 1.28 bits per heavy atom. The van der Waals surface area contributed by atoms with Crippen LogP contribution in [0.1, 0.15) is 31.2 Å². The van der Waals surface area contributed by atoms with Crippen molar-refractivity contribution in [3.8, 4) is 5.75 Å². The molecular formula is C19H26N2O4. The highest BCUT2D eigenvalue weighted by Crippen LogP contribution is 2.50. The first-order valence-corrected chi connectivity index (χ1v) is 8.84. The van der Waals surface area contributed by atoms with Crippen LogP contribution in [0.25, 0.3) is 0 Å². The van der Waals surface area contributed by atoms with Crippen LogP contribution in [0.3, 0.4) is 0 Å². The van der Waals surface area contributed by atoms with E-state index in [-0.39, 0.29) is 23.3 Å². The van der Waals surface area contributed by atoms with Gasteiger partial charge in [-0.2, -0.15) is 0 Å². The molecule has 1 aromatic rings. The van der Waals surface area contributed by atoms with Gasteiger partial charge in [0, 0.05) is 30.6 Å². The predicted molar refractivity (Wildman–Crippen MR) is 93.6 cm³/mol. The summed E-state index contributed by atoms with van der Waals surface area (Å²) in [6, 6.07) is 8.01. The highest BCUT2D eigenvalue weighted by molar-refractivity contribution is 5.80. The van der Waals surface area contributed by atoms with Gasteiger partial charge in [-0.3, -0.25) is 4.79 Å². The molecule has 3 rings (SSSR count). The summed E-state index contributed by atoms with van der Waals surface area (Å²) in [4.78, 5) is 25.9. The third-order valence-electron chi connectivity index (χ3n) is 5.36. The van der Waals surface area contributed by atoms with Crippen LogP contribution in [-0.2, 0) is 14.9 Å². The van der Waals surface area contributed by atoms with Gasteiger partial charge in [0.2, 0.25) is 5.91 Å². The van der Waals surface area contributed by atoms with E-state index < -0.39 is 0 Å². The second-order valence-corrected chi connectivity index (χ2v) is 6.95. The van der Waals surface area contributed by atoms with Gasteiger partial charge < -0.3 is 19.7 Å². The molecule has 2 amide bonds. The summed E-state index contributed by atoms with van der Waals surface area (Å²) in [5, 5.41) is 3.11. The lowest BCUT2D eigenvalue weighted by Gasteiger charge is -2.31. The molecule has 25 heavy (non-hydrogen) atoms. The van der Waals surface area contributed by atoms with Crippen LogP contribution in [-0.4, -0.2) is 50.8 Å². The number of carbonyl (C=O) groups is 2. The van der Waals surface area contributed by atoms with Crippen LogP contribution in [0, 0.1) is 5.92 Å². The largest absolute Gasteiger partial charge is 0.496 e. The summed E-state index contributed by atoms with van der Waals surface area (Å²) in [5.74, 6) is 0.736. The molecule has 1 aliphatic heterocycles. The minimum atomic E-state index is -0.356. The number of nitrogens with one attached hydrogen (secondary N) is 1. The van der Waals surface area contributed by atoms with Gasteiger partial charge in [-0.05, 0) is 31.7 Å². The quantitative estimate of drug-likeness (QED) is 0.888. The lowest BCUT2D eigenvalue weighted by Crippen LogP contribution is -2.46. The number of likely N-dealkylation sites (tertiary alicyclic amines) is 1. The summed E-state index contributed by atoms with van der Waals surface area (Å²) >= 11 is 0. The van der Waals surface area contributed by atoms with E-state index in [0.717, 1.165) is 37.0 Å². The van der Waals surface area contributed by atoms with Crippen molar-refractivity contribution in [3.05, 3.63) is 29.8 Å². The number of carbonyl (C=O) groups excluding carboxylic acids is 2. The van der Waals surface area contributed by atoms with Gasteiger partial charge in [0.1, 0.15) is 5.75 Å². The van der Waals surface area contributed by atoms with Gasteiger partial charge in [-0.15, -0.1) is 0 Å². The fourth-order valence-electron chi connectivity index (χ4n) is 3.66. The maximum atomic E-state index is 12.6. The number of hydrogen-bond donors (Lipinski definition) is 1. The lowest BCUT2D eigenvalue weighted by molar-refractivity contribution is -0.126. The first kappa shape index (κ1) is 17.6. The van der Waals surface area contributed by atoms with Gasteiger partial charge in [0.15, 0.2) is 0 Å². The Hall–Kier alpha value is -2.24. The molecule has 0 aromatic heterocycles. The van der Waals surface area contributed by atoms with Crippen molar-refractivity contribution in [1.82, 2.24) is 10.2 Å². The van der Waals surface area contributed by atoms with E-state index in [1.807, 2.05) is 18.2 Å². The van der Waals surface area contributed by atoms with Crippen LogP contribution in [0.2, 0.25) is 0 Å². The molecule has 1 atom stereocenters. The zero-order valence-electron chi connectivity index (χ0n) is 14.9. The molecule has 6 nitrogen and oxygen atoms in total. The standard InChI is InChI=1S/C19H26N2O4/c1-24-16-8-4-3-7-15(16)19(9-10-19)13-20-17(22)14-6-5-11-21(12-14)18(23)25-2/h3-4,7-8,14H,5-6,9-13H2,1-2H3,(H,20,22). The van der Waals surface area contributed by atoms with Crippen molar-refractivity contribution in [3.63, 3.8) is 0 Å². The summed E-state index contributed by atoms with van der Waals surface area (Å²) in [5.41, 5.74) is 1.15. The molecule has 1 N–H and O–H groups in total. The first-order chi connectivity index (χ1) is 12.1. The Morgan fingerprint density at radius 2 is 2.04 bits per heavy atom. The van der Waals surface area contributed by atoms with Crippen molar-refractivity contribution in [2.75, 3.05) is 33.9 Å². The minimum Gasteiger partial charge on any atom is -0.496 e. The topological polar surface area (TPSA) is 67.9 Å². The summed E-state index contributed by atoms with van der Waals surface area (Å²) in [6.45, 7) is 1.70. The maximum absolute atomic E-state index is 12.6. The number of para-hydroxylation sites is 1. The Kier molecular flexibility index (Phi) is 5.16. The molecule has 1 saturated heterocycles. The molecule has 1 aromatic carbocycles. The van der Waals surface area contributed by atoms with Gasteiger partial charge in [0.05, 0.1) is 20.1 Å². The number of nitrogens with zero attached hydrogens (tertiary/aromatic N) is 1. The smallest absolute Gasteiger partial charge is 0.409 e. The van der Waals surface area contributed by atoms with Gasteiger partial charge in [0.25, 0.3) is 0 Å². The zero-order chi connectivity index (χ0) is 17.9. The van der Waals surface area contributed by atoms with E-state index in [1.54, 1.807) is 12.0 Å². The third-order valence-corrected chi connectivity index (χ3v) is 5.36. The Morgan fingerprint density at radius 3 is 2.72 bits per heavy atom. The van der Waals surface area contributed by atoms with Crippen LogP contribution in [0.15, 0.2) is 24.3 Å². The number of amides is 2. The second-order valence-electron chi connectivity index (χ2n) is 6.95. The molecule has 1 saturated carbocycles. The van der Waals surface area contributed by atoms with Gasteiger partial charge >= 0.3 is 6.09 Å². The molecule has 2 aliphatic rings. The third kappa shape index (κ3) is 3.72. The van der Waals surface area contributed by atoms with E-state index in [9.17, 15) is 9.59 Å². The number of benzene rings is 1. The van der Waals surface area contributed by atoms with Crippen molar-refractivity contribution < 1.29 is 19.1 Å². The molecule has 0 bridgehead atoms. The zero-order valence-corrected chi connectivity index (χ0v) is 14.9. The summed E-state index contributed by atoms with van der Waals surface area (Å²) in [6.07, 6.45) is 3.37. The van der Waals surface area contributed by atoms with E-state index in [1.165, 1.54) is 7.11 Å². The second kappa shape index (κ2) is 7.33. The molecule has 2 fully saturated rings. The molecule has 0 radical (unpaired) electrons. The number of piperidine rings is 1. The van der Waals surface area contributed by atoms with E-state index >= 15 is 0 Å². The lowest BCUT2D eigenvalue weighted by atomic mass is 9.93. The van der Waals surface area contributed by atoms with Crippen LogP contribution >= 0.6 is 0 Å². The fourth-order valence-corrected chi connectivity index (χ4v) is 3.66. The number of rotatable bonds is 5. The van der Waals surface area contributed by atoms with Crippen LogP contribution < -0.4 is 10.1 Å². The van der Waals surface area contributed by atoms with Crippen LogP contribution in [0.4, 0.5) is 4.79 Å². The van der Waals surface area contributed by atoms with Crippen molar-refractivity contribution in [2.24, 2.45) is 5.92 Å². The Labute approximate surface area is 148 Å². The molecule has 1 heterocycles. The van der Waals surface area contributed by atoms with Crippen LogP contribution in [0.5, 0.6) is 5.75 Å². The summed E-state index contributed by atoms with van der Waals surface area (Å²) < 4.78 is 10.2. The number of methoxy groups -OCH3 is 2. The molecule has 136 valence electrons. The maximum Gasteiger partial charge on any atom is 0.409 e. The van der Waals surface area contributed by atoms with E-state index in [0.29, 0.717) is 19.6 Å². The van der Waals surface area contributed by atoms with E-state index in [2.05, 4.69) is 11.4 Å². The minimum absolute atomic E-state index is 0.0149. The van der Waals surface area contributed by atoms with Crippen molar-refractivity contribution in [2.45, 2.75) is 31.1 Å². The molecular weight excluding hydrogens is 320 g/mol. The van der Waals surface area contributed by atoms with Crippen molar-refractivity contribution in [1.29, 1.82) is 0 Å². The van der Waals surface area contributed by atoms with E-state index in [4.69, 9.17) is 9.47 Å². The highest BCUT2D eigenvalue weighted by Gasteiger charge is 2.46.